The maximum absolute atomic E-state index is 10.3. The number of imidazole rings is 1. The van der Waals surface area contributed by atoms with E-state index >= 15 is 0 Å². The molecular weight excluding hydrogens is 218 g/mol. The summed E-state index contributed by atoms with van der Waals surface area (Å²) in [6.45, 7) is 2.50. The van der Waals surface area contributed by atoms with Gasteiger partial charge in [-0.15, -0.1) is 0 Å². The van der Waals surface area contributed by atoms with Crippen LogP contribution in [0.5, 0.6) is 0 Å². The highest BCUT2D eigenvalue weighted by molar-refractivity contribution is 5.47. The Labute approximate surface area is 98.7 Å². The van der Waals surface area contributed by atoms with Gasteiger partial charge in [-0.05, 0) is 19.1 Å². The highest BCUT2D eigenvalue weighted by atomic mass is 16.1. The predicted molar refractivity (Wildman–Crippen MR) is 61.0 cm³/mol. The average molecular weight is 231 g/mol. The van der Waals surface area contributed by atoms with E-state index in [1.165, 1.54) is 0 Å². The molecule has 0 aliphatic heterocycles. The van der Waals surface area contributed by atoms with Crippen molar-refractivity contribution in [1.29, 1.82) is 0 Å². The van der Waals surface area contributed by atoms with Crippen molar-refractivity contribution in [2.45, 2.75) is 19.5 Å². The van der Waals surface area contributed by atoms with Gasteiger partial charge in [0, 0.05) is 12.4 Å². The van der Waals surface area contributed by atoms with E-state index in [-0.39, 0.29) is 6.04 Å². The zero-order valence-corrected chi connectivity index (χ0v) is 9.45. The molecule has 1 atom stereocenters. The first kappa shape index (κ1) is 11.3. The zero-order chi connectivity index (χ0) is 12.1. The summed E-state index contributed by atoms with van der Waals surface area (Å²) in [5.74, 6) is 0. The Bertz CT molecular complexity index is 465. The first-order chi connectivity index (χ1) is 8.29. The highest BCUT2D eigenvalue weighted by Crippen LogP contribution is 2.07. The molecule has 0 radical (unpaired) electrons. The van der Waals surface area contributed by atoms with Crippen LogP contribution in [0.3, 0.4) is 0 Å². The van der Waals surface area contributed by atoms with E-state index < -0.39 is 0 Å². The van der Waals surface area contributed by atoms with Crippen molar-refractivity contribution in [3.8, 4) is 0 Å². The average Bonchev–Trinajstić information content (AvgIpc) is 2.83. The van der Waals surface area contributed by atoms with Crippen molar-refractivity contribution in [1.82, 2.24) is 25.1 Å². The molecule has 0 aromatic carbocycles. The number of nitrogens with zero attached hydrogens (tertiary/aromatic N) is 4. The third-order valence-electron chi connectivity index (χ3n) is 2.41. The zero-order valence-electron chi connectivity index (χ0n) is 9.45. The summed E-state index contributed by atoms with van der Waals surface area (Å²) < 4.78 is 1.91. The molecule has 2 aromatic rings. The Hall–Kier alpha value is -2.24. The first-order valence-corrected chi connectivity index (χ1v) is 5.27. The summed E-state index contributed by atoms with van der Waals surface area (Å²) in [5.41, 5.74) is 1.59. The van der Waals surface area contributed by atoms with Crippen LogP contribution in [0.4, 0.5) is 0 Å². The number of carbonyl (C=O) groups excluding carboxylic acids is 1. The molecule has 6 nitrogen and oxygen atoms in total. The molecule has 88 valence electrons. The minimum atomic E-state index is -0.123. The Morgan fingerprint density at radius 3 is 2.94 bits per heavy atom. The molecule has 17 heavy (non-hydrogen) atoms. The maximum Gasteiger partial charge on any atom is 0.207 e. The van der Waals surface area contributed by atoms with E-state index in [4.69, 9.17) is 0 Å². The molecule has 2 aromatic heterocycles. The van der Waals surface area contributed by atoms with Crippen LogP contribution in [0.25, 0.3) is 0 Å². The van der Waals surface area contributed by atoms with Crippen LogP contribution in [-0.4, -0.2) is 26.2 Å². The third-order valence-corrected chi connectivity index (χ3v) is 2.41. The minimum absolute atomic E-state index is 0.123. The van der Waals surface area contributed by atoms with Crippen molar-refractivity contribution < 1.29 is 4.79 Å². The van der Waals surface area contributed by atoms with Crippen LogP contribution in [-0.2, 0) is 11.3 Å². The van der Waals surface area contributed by atoms with Crippen LogP contribution in [0.15, 0.2) is 30.9 Å². The van der Waals surface area contributed by atoms with Crippen molar-refractivity contribution >= 4 is 6.41 Å². The number of amides is 1. The predicted octanol–water partition coefficient (Wildman–Crippen LogP) is 0.528. The smallest absolute Gasteiger partial charge is 0.207 e. The Morgan fingerprint density at radius 2 is 2.35 bits per heavy atom. The number of hydrogen-bond donors (Lipinski definition) is 1. The number of aromatic nitrogens is 4. The topological polar surface area (TPSA) is 72.7 Å². The van der Waals surface area contributed by atoms with E-state index in [2.05, 4.69) is 20.5 Å². The summed E-state index contributed by atoms with van der Waals surface area (Å²) in [6, 6.07) is 3.63. The van der Waals surface area contributed by atoms with Gasteiger partial charge in [0.25, 0.3) is 0 Å². The second-order valence-electron chi connectivity index (χ2n) is 3.69. The van der Waals surface area contributed by atoms with Gasteiger partial charge in [0.1, 0.15) is 0 Å². The lowest BCUT2D eigenvalue weighted by molar-refractivity contribution is -0.110. The lowest BCUT2D eigenvalue weighted by atomic mass is 10.2. The van der Waals surface area contributed by atoms with Gasteiger partial charge < -0.3 is 9.88 Å². The second kappa shape index (κ2) is 5.20. The quantitative estimate of drug-likeness (QED) is 0.762. The fraction of sp³-hybridized carbons (Fsp3) is 0.273. The molecule has 0 fully saturated rings. The van der Waals surface area contributed by atoms with Gasteiger partial charge in [-0.2, -0.15) is 10.2 Å². The van der Waals surface area contributed by atoms with Gasteiger partial charge >= 0.3 is 0 Å². The lowest BCUT2D eigenvalue weighted by Crippen LogP contribution is -2.18. The standard InChI is InChI=1S/C11H13N5O/c1-9(13-8-17)11-3-2-10(14-15-11)6-16-5-4-12-7-16/h2-5,7-9H,6H2,1H3,(H,13,17). The molecule has 1 unspecified atom stereocenters. The molecule has 1 amide bonds. The molecule has 0 saturated carbocycles. The molecule has 0 aliphatic carbocycles. The van der Waals surface area contributed by atoms with Crippen LogP contribution in [0.1, 0.15) is 24.4 Å². The van der Waals surface area contributed by atoms with Gasteiger partial charge in [0.05, 0.1) is 30.3 Å². The van der Waals surface area contributed by atoms with Gasteiger partial charge in [-0.3, -0.25) is 4.79 Å². The highest BCUT2D eigenvalue weighted by Gasteiger charge is 2.06. The minimum Gasteiger partial charge on any atom is -0.351 e. The van der Waals surface area contributed by atoms with E-state index in [9.17, 15) is 4.79 Å². The SMILES string of the molecule is CC(NC=O)c1ccc(Cn2ccnc2)nn1. The molecule has 0 bridgehead atoms. The maximum atomic E-state index is 10.3. The molecule has 0 spiro atoms. The summed E-state index contributed by atoms with van der Waals surface area (Å²) >= 11 is 0. The van der Waals surface area contributed by atoms with E-state index in [0.717, 1.165) is 11.4 Å². The van der Waals surface area contributed by atoms with Crippen LogP contribution in [0.2, 0.25) is 0 Å². The van der Waals surface area contributed by atoms with Gasteiger partial charge in [-0.25, -0.2) is 4.98 Å². The number of nitrogens with one attached hydrogen (secondary N) is 1. The van der Waals surface area contributed by atoms with Gasteiger partial charge in [-0.1, -0.05) is 0 Å². The Morgan fingerprint density at radius 1 is 1.47 bits per heavy atom. The molecular formula is C11H13N5O. The summed E-state index contributed by atoms with van der Waals surface area (Å²) in [7, 11) is 0. The normalized spacial score (nSPS) is 12.1. The molecule has 2 heterocycles. The number of carbonyl (C=O) groups is 1. The Balaban J connectivity index is 2.05. The number of hydrogen-bond acceptors (Lipinski definition) is 4. The van der Waals surface area contributed by atoms with Crippen LogP contribution in [0, 0.1) is 0 Å². The van der Waals surface area contributed by atoms with Crippen molar-refractivity contribution in [3.05, 3.63) is 42.2 Å². The largest absolute Gasteiger partial charge is 0.351 e. The monoisotopic (exact) mass is 231 g/mol. The van der Waals surface area contributed by atoms with Gasteiger partial charge in [0.15, 0.2) is 0 Å². The molecule has 6 heteroatoms. The van der Waals surface area contributed by atoms with Crippen molar-refractivity contribution in [3.63, 3.8) is 0 Å². The van der Waals surface area contributed by atoms with Crippen molar-refractivity contribution in [2.24, 2.45) is 0 Å². The fourth-order valence-electron chi connectivity index (χ4n) is 1.44. The summed E-state index contributed by atoms with van der Waals surface area (Å²) in [6.07, 6.45) is 5.97. The molecule has 0 saturated heterocycles. The first-order valence-electron chi connectivity index (χ1n) is 5.27. The molecule has 0 aliphatic rings. The van der Waals surface area contributed by atoms with E-state index in [1.54, 1.807) is 12.5 Å². The molecule has 1 N–H and O–H groups in total. The third kappa shape index (κ3) is 2.87. The second-order valence-corrected chi connectivity index (χ2v) is 3.69. The van der Waals surface area contributed by atoms with Gasteiger partial charge in [0.2, 0.25) is 6.41 Å². The van der Waals surface area contributed by atoms with Crippen molar-refractivity contribution in [2.75, 3.05) is 0 Å². The number of rotatable bonds is 5. The summed E-state index contributed by atoms with van der Waals surface area (Å²) in [4.78, 5) is 14.3. The fourth-order valence-corrected chi connectivity index (χ4v) is 1.44. The van der Waals surface area contributed by atoms with Crippen LogP contribution < -0.4 is 5.32 Å². The van der Waals surface area contributed by atoms with E-state index in [1.807, 2.05) is 29.8 Å². The lowest BCUT2D eigenvalue weighted by Gasteiger charge is -2.09. The van der Waals surface area contributed by atoms with Crippen LogP contribution >= 0.6 is 0 Å². The van der Waals surface area contributed by atoms with E-state index in [0.29, 0.717) is 13.0 Å². The summed E-state index contributed by atoms with van der Waals surface area (Å²) in [5, 5.41) is 10.8. The Kier molecular flexibility index (Phi) is 3.44. The molecule has 2 rings (SSSR count).